The average molecular weight is 306 g/mol. The summed E-state index contributed by atoms with van der Waals surface area (Å²) in [5, 5.41) is 0. The predicted octanol–water partition coefficient (Wildman–Crippen LogP) is 2.85. The number of carbonyl (C=O) groups excluding carboxylic acids is 1. The van der Waals surface area contributed by atoms with Crippen LogP contribution in [0.3, 0.4) is 0 Å². The molecular weight excluding hydrogens is 284 g/mol. The zero-order valence-corrected chi connectivity index (χ0v) is 13.7. The zero-order valence-electron chi connectivity index (χ0n) is 12.9. The van der Waals surface area contributed by atoms with Crippen molar-refractivity contribution >= 4 is 23.7 Å². The van der Waals surface area contributed by atoms with Crippen molar-refractivity contribution in [3.05, 3.63) is 29.3 Å². The minimum absolute atomic E-state index is 0.0497. The Morgan fingerprint density at radius 1 is 1.48 bits per heavy atom. The van der Waals surface area contributed by atoms with E-state index in [0.29, 0.717) is 6.42 Å². The number of rotatable bonds is 4. The fraction of sp³-hybridized carbons (Fsp3) is 0.438. The molecule has 1 aliphatic rings. The zero-order chi connectivity index (χ0) is 15.4. The lowest BCUT2D eigenvalue weighted by Gasteiger charge is -2.31. The van der Waals surface area contributed by atoms with Gasteiger partial charge in [0.05, 0.1) is 13.2 Å². The van der Waals surface area contributed by atoms with E-state index in [1.807, 2.05) is 12.1 Å². The normalized spacial score (nSPS) is 22.9. The fourth-order valence-electron chi connectivity index (χ4n) is 2.66. The van der Waals surface area contributed by atoms with Crippen molar-refractivity contribution in [2.45, 2.75) is 31.2 Å². The van der Waals surface area contributed by atoms with Crippen LogP contribution in [0.1, 0.15) is 25.8 Å². The summed E-state index contributed by atoms with van der Waals surface area (Å²) in [5.74, 6) is 1.18. The Morgan fingerprint density at radius 2 is 2.24 bits per heavy atom. The van der Waals surface area contributed by atoms with Gasteiger partial charge < -0.3 is 4.74 Å². The van der Waals surface area contributed by atoms with E-state index in [1.165, 1.54) is 10.5 Å². The highest BCUT2D eigenvalue weighted by Crippen LogP contribution is 2.32. The molecule has 1 saturated heterocycles. The summed E-state index contributed by atoms with van der Waals surface area (Å²) in [6, 6.07) is 6.20. The quantitative estimate of drug-likeness (QED) is 0.840. The monoisotopic (exact) mass is 306 g/mol. The van der Waals surface area contributed by atoms with Crippen LogP contribution in [0, 0.1) is 5.92 Å². The second-order valence-corrected chi connectivity index (χ2v) is 6.16. The van der Waals surface area contributed by atoms with E-state index < -0.39 is 0 Å². The molecule has 0 aromatic heterocycles. The van der Waals surface area contributed by atoms with Gasteiger partial charge >= 0.3 is 0 Å². The first-order chi connectivity index (χ1) is 10.1. The van der Waals surface area contributed by atoms with Gasteiger partial charge in [-0.2, -0.15) is 0 Å². The molecule has 2 unspecified atom stereocenters. The number of hydrazine groups is 1. The third-order valence-corrected chi connectivity index (χ3v) is 4.57. The van der Waals surface area contributed by atoms with Crippen molar-refractivity contribution in [2.24, 2.45) is 5.92 Å². The van der Waals surface area contributed by atoms with Crippen LogP contribution in [0.5, 0.6) is 5.75 Å². The number of benzene rings is 1. The van der Waals surface area contributed by atoms with Gasteiger partial charge in [-0.1, -0.05) is 18.6 Å². The second-order valence-electron chi connectivity index (χ2n) is 5.32. The van der Waals surface area contributed by atoms with Crippen LogP contribution < -0.4 is 15.6 Å². The lowest BCUT2D eigenvalue weighted by Crippen LogP contribution is -2.53. The number of hydrogen-bond acceptors (Lipinski definition) is 4. The van der Waals surface area contributed by atoms with Gasteiger partial charge in [-0.05, 0) is 37.3 Å². The third-order valence-electron chi connectivity index (χ3n) is 3.77. The highest BCUT2D eigenvalue weighted by atomic mass is 32.2. The first-order valence-corrected chi connectivity index (χ1v) is 8.22. The average Bonchev–Trinajstić information content (AvgIpc) is 2.47. The van der Waals surface area contributed by atoms with Gasteiger partial charge in [-0.3, -0.25) is 10.2 Å². The number of thioether (sulfide) groups is 1. The highest BCUT2D eigenvalue weighted by molar-refractivity contribution is 7.98. The van der Waals surface area contributed by atoms with Gasteiger partial charge in [-0.15, -0.1) is 11.8 Å². The summed E-state index contributed by atoms with van der Waals surface area (Å²) in [6.07, 6.45) is 4.75. The molecule has 1 fully saturated rings. The van der Waals surface area contributed by atoms with Crippen molar-refractivity contribution in [2.75, 3.05) is 13.4 Å². The van der Waals surface area contributed by atoms with Gasteiger partial charge in [0.2, 0.25) is 5.91 Å². The molecule has 1 amide bonds. The molecule has 1 aliphatic heterocycles. The number of nitrogens with one attached hydrogen (secondary N) is 2. The fourth-order valence-corrected chi connectivity index (χ4v) is 3.26. The summed E-state index contributed by atoms with van der Waals surface area (Å²) < 4.78 is 5.47. The summed E-state index contributed by atoms with van der Waals surface area (Å²) in [5.41, 5.74) is 8.09. The molecule has 1 aromatic carbocycles. The van der Waals surface area contributed by atoms with E-state index in [1.54, 1.807) is 18.9 Å². The number of ether oxygens (including phenoxy) is 1. The smallest absolute Gasteiger partial charge is 0.234 e. The van der Waals surface area contributed by atoms with Crippen molar-refractivity contribution in [3.8, 4) is 5.75 Å². The molecule has 21 heavy (non-hydrogen) atoms. The van der Waals surface area contributed by atoms with Gasteiger partial charge in [0.25, 0.3) is 0 Å². The Kier molecular flexibility index (Phi) is 5.31. The first-order valence-electron chi connectivity index (χ1n) is 7.00. The molecule has 2 atom stereocenters. The molecule has 0 radical (unpaired) electrons. The van der Waals surface area contributed by atoms with Gasteiger partial charge in [0.15, 0.2) is 0 Å². The van der Waals surface area contributed by atoms with Crippen LogP contribution in [0.4, 0.5) is 0 Å². The van der Waals surface area contributed by atoms with Crippen LogP contribution in [-0.4, -0.2) is 25.3 Å². The first kappa shape index (κ1) is 15.9. The van der Waals surface area contributed by atoms with E-state index in [9.17, 15) is 4.79 Å². The summed E-state index contributed by atoms with van der Waals surface area (Å²) >= 11 is 1.70. The van der Waals surface area contributed by atoms with Crippen molar-refractivity contribution in [3.63, 3.8) is 0 Å². The molecule has 0 spiro atoms. The van der Waals surface area contributed by atoms with Crippen molar-refractivity contribution in [1.82, 2.24) is 10.9 Å². The maximum atomic E-state index is 11.4. The molecule has 5 heteroatoms. The lowest BCUT2D eigenvalue weighted by atomic mass is 9.90. The van der Waals surface area contributed by atoms with E-state index in [-0.39, 0.29) is 17.9 Å². The topological polar surface area (TPSA) is 50.4 Å². The molecule has 1 aromatic rings. The number of carbonyl (C=O) groups is 1. The summed E-state index contributed by atoms with van der Waals surface area (Å²) in [4.78, 5) is 12.6. The van der Waals surface area contributed by atoms with Crippen LogP contribution in [0.15, 0.2) is 28.7 Å². The summed E-state index contributed by atoms with van der Waals surface area (Å²) in [7, 11) is 1.69. The molecule has 0 aliphatic carbocycles. The van der Waals surface area contributed by atoms with E-state index in [0.717, 1.165) is 11.3 Å². The molecule has 0 saturated carbocycles. The van der Waals surface area contributed by atoms with Crippen LogP contribution in [0.2, 0.25) is 0 Å². The van der Waals surface area contributed by atoms with Gasteiger partial charge in [0.1, 0.15) is 5.75 Å². The molecule has 114 valence electrons. The second kappa shape index (κ2) is 7.00. The third kappa shape index (κ3) is 3.60. The molecular formula is C16H22N2O2S. The minimum Gasteiger partial charge on any atom is -0.496 e. The van der Waals surface area contributed by atoms with Crippen molar-refractivity contribution in [1.29, 1.82) is 0 Å². The Labute approximate surface area is 130 Å². The largest absolute Gasteiger partial charge is 0.496 e. The van der Waals surface area contributed by atoms with E-state index in [2.05, 4.69) is 43.1 Å². The minimum atomic E-state index is 0.0497. The summed E-state index contributed by atoms with van der Waals surface area (Å²) in [6.45, 7) is 4.17. The molecule has 2 N–H and O–H groups in total. The highest BCUT2D eigenvalue weighted by Gasteiger charge is 2.26. The number of amides is 1. The standard InChI is InChI=1S/C16H22N2O2S/c1-10(16-11(2)9-15(19)17-18-16)8-12-13(20-3)6-5-7-14(12)21-4/h5-8,11,16,18H,9H2,1-4H3,(H,17,19)/b10-8+. The molecule has 0 bridgehead atoms. The van der Waals surface area contributed by atoms with Gasteiger partial charge in [-0.25, -0.2) is 5.43 Å². The molecule has 4 nitrogen and oxygen atoms in total. The van der Waals surface area contributed by atoms with Crippen LogP contribution in [-0.2, 0) is 4.79 Å². The SMILES string of the molecule is COc1cccc(SC)c1/C=C(\C)C1NNC(=O)CC1C. The van der Waals surface area contributed by atoms with Crippen LogP contribution >= 0.6 is 11.8 Å². The maximum Gasteiger partial charge on any atom is 0.234 e. The Balaban J connectivity index is 2.32. The Bertz CT molecular complexity index is 535. The van der Waals surface area contributed by atoms with Crippen molar-refractivity contribution < 1.29 is 9.53 Å². The number of hydrogen-bond donors (Lipinski definition) is 2. The Hall–Kier alpha value is -1.46. The predicted molar refractivity (Wildman–Crippen MR) is 87.3 cm³/mol. The van der Waals surface area contributed by atoms with E-state index in [4.69, 9.17) is 4.74 Å². The lowest BCUT2D eigenvalue weighted by molar-refractivity contribution is -0.125. The molecule has 2 rings (SSSR count). The van der Waals surface area contributed by atoms with Gasteiger partial charge in [0, 0.05) is 16.9 Å². The molecule has 1 heterocycles. The Morgan fingerprint density at radius 3 is 2.86 bits per heavy atom. The van der Waals surface area contributed by atoms with E-state index >= 15 is 0 Å². The van der Waals surface area contributed by atoms with Crippen LogP contribution in [0.25, 0.3) is 6.08 Å². The number of methoxy groups -OCH3 is 1. The maximum absolute atomic E-state index is 11.4.